The van der Waals surface area contributed by atoms with Crippen molar-refractivity contribution in [2.45, 2.75) is 60.7 Å². The Morgan fingerprint density at radius 3 is 1.16 bits per heavy atom. The van der Waals surface area contributed by atoms with Crippen molar-refractivity contribution in [2.24, 2.45) is 0 Å². The monoisotopic (exact) mass is 266 g/mol. The first kappa shape index (κ1) is 26.3. The topological polar surface area (TPSA) is 37.3 Å². The second-order valence-corrected chi connectivity index (χ2v) is 4.18. The summed E-state index contributed by atoms with van der Waals surface area (Å²) in [6.07, 6.45) is 3.61. The maximum absolute atomic E-state index is 9.60. The number of carbonyl (C=O) groups is 1. The SMILES string of the molecule is C=C(C)C(=O)O.C=C(C)CC(=C)C.CCCC.[B]C. The first-order valence-electron chi connectivity index (χ1n) is 6.44. The summed E-state index contributed by atoms with van der Waals surface area (Å²) in [5, 5.41) is 7.89. The molecule has 19 heavy (non-hydrogen) atoms. The molecule has 2 radical (unpaired) electrons. The molecule has 0 fully saturated rings. The average Bonchev–Trinajstić information content (AvgIpc) is 2.30. The minimum absolute atomic E-state index is 0.176. The van der Waals surface area contributed by atoms with Crippen LogP contribution in [0.25, 0.3) is 0 Å². The van der Waals surface area contributed by atoms with Gasteiger partial charge in [-0.05, 0) is 27.2 Å². The largest absolute Gasteiger partial charge is 0.478 e. The Balaban J connectivity index is -0.0000000858. The second-order valence-electron chi connectivity index (χ2n) is 4.18. The normalized spacial score (nSPS) is 7.26. The Kier molecular flexibility index (Phi) is 30.5. The van der Waals surface area contributed by atoms with Crippen LogP contribution in [0.3, 0.4) is 0 Å². The van der Waals surface area contributed by atoms with Gasteiger partial charge in [-0.15, -0.1) is 0 Å². The van der Waals surface area contributed by atoms with Gasteiger partial charge in [0.25, 0.3) is 0 Å². The van der Waals surface area contributed by atoms with Crippen LogP contribution < -0.4 is 0 Å². The molecule has 0 aromatic heterocycles. The molecular formula is C16H31BO2. The lowest BCUT2D eigenvalue weighted by atomic mass is 10.1. The zero-order valence-electron chi connectivity index (χ0n) is 13.7. The maximum atomic E-state index is 9.60. The van der Waals surface area contributed by atoms with Crippen LogP contribution in [0.5, 0.6) is 0 Å². The van der Waals surface area contributed by atoms with Crippen LogP contribution in [0.15, 0.2) is 36.5 Å². The summed E-state index contributed by atoms with van der Waals surface area (Å²) < 4.78 is 0. The highest BCUT2D eigenvalue weighted by atomic mass is 16.4. The number of hydrogen-bond donors (Lipinski definition) is 1. The van der Waals surface area contributed by atoms with Gasteiger partial charge >= 0.3 is 5.97 Å². The van der Waals surface area contributed by atoms with E-state index in [1.807, 2.05) is 13.8 Å². The van der Waals surface area contributed by atoms with Gasteiger partial charge in [0.2, 0.25) is 0 Å². The van der Waals surface area contributed by atoms with E-state index in [2.05, 4.69) is 41.4 Å². The van der Waals surface area contributed by atoms with Crippen molar-refractivity contribution in [3.05, 3.63) is 36.5 Å². The summed E-state index contributed by atoms with van der Waals surface area (Å²) in [7, 11) is 4.50. The molecule has 0 amide bonds. The molecule has 1 N–H and O–H groups in total. The van der Waals surface area contributed by atoms with E-state index >= 15 is 0 Å². The molecule has 0 rings (SSSR count). The van der Waals surface area contributed by atoms with Crippen LogP contribution in [-0.2, 0) is 4.79 Å². The standard InChI is InChI=1S/C7H12.C4H6O2.C4H10.CH3B/c1-6(2)5-7(3)4;1-3(2)4(5)6;1-3-4-2;1-2/h1,3,5H2,2,4H3;1H2,2H3,(H,5,6);3-4H2,1-2H3;1H3. The smallest absolute Gasteiger partial charge is 0.330 e. The molecule has 0 spiro atoms. The van der Waals surface area contributed by atoms with Gasteiger partial charge in [-0.3, -0.25) is 0 Å². The molecule has 0 saturated carbocycles. The van der Waals surface area contributed by atoms with Gasteiger partial charge in [-0.1, -0.05) is 64.4 Å². The Morgan fingerprint density at radius 2 is 1.16 bits per heavy atom. The molecule has 0 aliphatic heterocycles. The Morgan fingerprint density at radius 1 is 0.947 bits per heavy atom. The molecule has 0 aliphatic carbocycles. The molecule has 0 aromatic carbocycles. The first-order chi connectivity index (χ1) is 8.68. The maximum Gasteiger partial charge on any atom is 0.330 e. The van der Waals surface area contributed by atoms with Gasteiger partial charge in [-0.2, -0.15) is 0 Å². The van der Waals surface area contributed by atoms with Crippen molar-refractivity contribution in [3.8, 4) is 0 Å². The van der Waals surface area contributed by atoms with Gasteiger partial charge in [0, 0.05) is 5.57 Å². The quantitative estimate of drug-likeness (QED) is 0.432. The number of allylic oxidation sites excluding steroid dienone is 2. The fourth-order valence-corrected chi connectivity index (χ4v) is 0.515. The van der Waals surface area contributed by atoms with Crippen molar-refractivity contribution in [1.82, 2.24) is 0 Å². The fraction of sp³-hybridized carbons (Fsp3) is 0.562. The summed E-state index contributed by atoms with van der Waals surface area (Å²) in [5.41, 5.74) is 2.55. The van der Waals surface area contributed by atoms with Crippen molar-refractivity contribution in [1.29, 1.82) is 0 Å². The first-order valence-corrected chi connectivity index (χ1v) is 6.44. The van der Waals surface area contributed by atoms with E-state index in [1.165, 1.54) is 37.7 Å². The molecule has 0 unspecified atom stereocenters. The molecule has 0 atom stereocenters. The Bertz CT molecular complexity index is 229. The van der Waals surface area contributed by atoms with Crippen LogP contribution in [0.2, 0.25) is 6.82 Å². The van der Waals surface area contributed by atoms with Gasteiger partial charge in [0.05, 0.1) is 7.85 Å². The van der Waals surface area contributed by atoms with Crippen molar-refractivity contribution in [3.63, 3.8) is 0 Å². The van der Waals surface area contributed by atoms with Gasteiger partial charge in [0.15, 0.2) is 0 Å². The minimum Gasteiger partial charge on any atom is -0.478 e. The summed E-state index contributed by atoms with van der Waals surface area (Å²) in [6.45, 7) is 21.9. The van der Waals surface area contributed by atoms with Gasteiger partial charge < -0.3 is 5.11 Å². The summed E-state index contributed by atoms with van der Waals surface area (Å²) in [6, 6.07) is 0. The number of carboxylic acids is 1. The van der Waals surface area contributed by atoms with Crippen molar-refractivity contribution < 1.29 is 9.90 Å². The molecule has 3 heteroatoms. The summed E-state index contributed by atoms with van der Waals surface area (Å²) in [4.78, 5) is 9.60. The number of carboxylic acid groups (broad SMARTS) is 1. The van der Waals surface area contributed by atoms with Gasteiger partial charge in [0.1, 0.15) is 0 Å². The molecule has 2 nitrogen and oxygen atoms in total. The zero-order valence-corrected chi connectivity index (χ0v) is 13.7. The van der Waals surface area contributed by atoms with Crippen LogP contribution in [-0.4, -0.2) is 18.9 Å². The fourth-order valence-electron chi connectivity index (χ4n) is 0.515. The second kappa shape index (κ2) is 22.0. The summed E-state index contributed by atoms with van der Waals surface area (Å²) >= 11 is 0. The molecule has 0 bridgehead atoms. The molecule has 0 saturated heterocycles. The number of unbranched alkanes of at least 4 members (excludes halogenated alkanes) is 1. The highest BCUT2D eigenvalue weighted by Gasteiger charge is 1.90. The van der Waals surface area contributed by atoms with Crippen LogP contribution in [0, 0.1) is 0 Å². The highest BCUT2D eigenvalue weighted by molar-refractivity contribution is 6.05. The minimum atomic E-state index is -0.935. The Labute approximate surface area is 121 Å². The zero-order chi connectivity index (χ0) is 16.4. The Hall–Kier alpha value is -1.25. The molecule has 0 aliphatic rings. The lowest BCUT2D eigenvalue weighted by Gasteiger charge is -1.93. The number of rotatable bonds is 4. The number of aliphatic carboxylic acids is 1. The predicted octanol–water partition coefficient (Wildman–Crippen LogP) is 5.19. The van der Waals surface area contributed by atoms with E-state index in [1.54, 1.807) is 0 Å². The van der Waals surface area contributed by atoms with E-state index in [9.17, 15) is 4.79 Å². The lowest BCUT2D eigenvalue weighted by Crippen LogP contribution is -1.92. The third kappa shape index (κ3) is 60.7. The van der Waals surface area contributed by atoms with E-state index < -0.39 is 5.97 Å². The average molecular weight is 266 g/mol. The predicted molar refractivity (Wildman–Crippen MR) is 88.9 cm³/mol. The van der Waals surface area contributed by atoms with Crippen LogP contribution >= 0.6 is 0 Å². The third-order valence-electron chi connectivity index (χ3n) is 1.47. The van der Waals surface area contributed by atoms with E-state index in [0.717, 1.165) is 6.42 Å². The summed E-state index contributed by atoms with van der Waals surface area (Å²) in [5.74, 6) is -0.935. The third-order valence-corrected chi connectivity index (χ3v) is 1.47. The van der Waals surface area contributed by atoms with E-state index in [-0.39, 0.29) is 5.57 Å². The molecule has 0 aromatic rings. The van der Waals surface area contributed by atoms with Gasteiger partial charge in [-0.25, -0.2) is 4.79 Å². The van der Waals surface area contributed by atoms with Crippen LogP contribution in [0.4, 0.5) is 0 Å². The van der Waals surface area contributed by atoms with E-state index in [4.69, 9.17) is 5.11 Å². The highest BCUT2D eigenvalue weighted by Crippen LogP contribution is 2.02. The molecule has 110 valence electrons. The molecular weight excluding hydrogens is 235 g/mol. The number of hydrogen-bond acceptors (Lipinski definition) is 1. The molecule has 0 heterocycles. The van der Waals surface area contributed by atoms with Crippen molar-refractivity contribution >= 4 is 13.8 Å². The lowest BCUT2D eigenvalue weighted by molar-refractivity contribution is -0.132. The van der Waals surface area contributed by atoms with Crippen molar-refractivity contribution in [2.75, 3.05) is 0 Å². The van der Waals surface area contributed by atoms with E-state index in [0.29, 0.717) is 0 Å². The van der Waals surface area contributed by atoms with Crippen LogP contribution in [0.1, 0.15) is 53.9 Å².